The summed E-state index contributed by atoms with van der Waals surface area (Å²) in [5, 5.41) is 23.7. The maximum Gasteiger partial charge on any atom is 0.145 e. The molecule has 0 spiro atoms. The van der Waals surface area contributed by atoms with Crippen LogP contribution in [0.15, 0.2) is 48.7 Å². The second-order valence-electron chi connectivity index (χ2n) is 4.43. The molecular weight excluding hydrogens is 268 g/mol. The number of anilines is 2. The van der Waals surface area contributed by atoms with E-state index in [0.717, 1.165) is 10.8 Å². The second kappa shape index (κ2) is 6.62. The zero-order valence-corrected chi connectivity index (χ0v) is 11.5. The Hall–Kier alpha value is -2.73. The fourth-order valence-corrected chi connectivity index (χ4v) is 1.89. The van der Waals surface area contributed by atoms with Gasteiger partial charge >= 0.3 is 0 Å². The van der Waals surface area contributed by atoms with Gasteiger partial charge < -0.3 is 21.7 Å². The molecular formula is C15H18N4O2. The average Bonchev–Trinajstić information content (AvgIpc) is 2.81. The first-order valence-corrected chi connectivity index (χ1v) is 6.48. The van der Waals surface area contributed by atoms with Gasteiger partial charge in [-0.1, -0.05) is 36.4 Å². The second-order valence-corrected chi connectivity index (χ2v) is 4.43. The molecule has 6 nitrogen and oxygen atoms in total. The molecule has 0 amide bonds. The molecule has 3 rings (SSSR count). The van der Waals surface area contributed by atoms with Crippen LogP contribution >= 0.6 is 0 Å². The van der Waals surface area contributed by atoms with Crippen LogP contribution < -0.4 is 11.5 Å². The molecule has 2 aromatic carbocycles. The van der Waals surface area contributed by atoms with Crippen molar-refractivity contribution in [1.29, 1.82) is 0 Å². The molecule has 0 aliphatic carbocycles. The molecule has 0 saturated heterocycles. The van der Waals surface area contributed by atoms with Crippen LogP contribution in [-0.4, -0.2) is 26.6 Å². The molecule has 21 heavy (non-hydrogen) atoms. The van der Waals surface area contributed by atoms with E-state index in [0.29, 0.717) is 23.8 Å². The van der Waals surface area contributed by atoms with Crippen LogP contribution in [0, 0.1) is 0 Å². The minimum atomic E-state index is 0.0192. The van der Waals surface area contributed by atoms with Gasteiger partial charge in [-0.2, -0.15) is 5.10 Å². The van der Waals surface area contributed by atoms with Crippen molar-refractivity contribution in [3.05, 3.63) is 48.7 Å². The van der Waals surface area contributed by atoms with Crippen molar-refractivity contribution in [2.75, 3.05) is 18.1 Å². The van der Waals surface area contributed by atoms with Crippen LogP contribution in [0.5, 0.6) is 5.75 Å². The predicted octanol–water partition coefficient (Wildman–Crippen LogP) is 1.59. The number of nitrogens with zero attached hydrogens (tertiary/aromatic N) is 2. The lowest BCUT2D eigenvalue weighted by atomic mass is 10.1. The van der Waals surface area contributed by atoms with Gasteiger partial charge in [0.15, 0.2) is 0 Å². The molecule has 0 bridgehead atoms. The highest BCUT2D eigenvalue weighted by Gasteiger charge is 2.01. The fraction of sp³-hybridized carbons (Fsp3) is 0.133. The molecule has 0 unspecified atom stereocenters. The number of aliphatic hydroxyl groups excluding tert-OH is 1. The first-order chi connectivity index (χ1) is 10.1. The molecule has 0 saturated carbocycles. The molecule has 6 N–H and O–H groups in total. The lowest BCUT2D eigenvalue weighted by Gasteiger charge is -1.99. The molecule has 0 atom stereocenters. The minimum Gasteiger partial charge on any atom is -0.507 e. The summed E-state index contributed by atoms with van der Waals surface area (Å²) in [6.07, 6.45) is 1.46. The van der Waals surface area contributed by atoms with Crippen molar-refractivity contribution in [3.8, 4) is 5.75 Å². The Morgan fingerprint density at radius 2 is 1.76 bits per heavy atom. The van der Waals surface area contributed by atoms with Crippen LogP contribution in [0.2, 0.25) is 0 Å². The Bertz CT molecular complexity index is 719. The topological polar surface area (TPSA) is 110 Å². The highest BCUT2D eigenvalue weighted by Crippen LogP contribution is 2.22. The van der Waals surface area contributed by atoms with Gasteiger partial charge in [-0.15, -0.1) is 0 Å². The Morgan fingerprint density at radius 3 is 2.38 bits per heavy atom. The van der Waals surface area contributed by atoms with Crippen LogP contribution in [0.3, 0.4) is 0 Å². The van der Waals surface area contributed by atoms with Gasteiger partial charge in [-0.3, -0.25) is 0 Å². The van der Waals surface area contributed by atoms with Gasteiger partial charge in [-0.05, 0) is 11.5 Å². The van der Waals surface area contributed by atoms with Gasteiger partial charge in [0, 0.05) is 5.39 Å². The third-order valence-electron chi connectivity index (χ3n) is 2.99. The van der Waals surface area contributed by atoms with E-state index in [1.807, 2.05) is 36.4 Å². The number of phenolic OH excluding ortho intramolecular Hbond substituents is 1. The van der Waals surface area contributed by atoms with Crippen molar-refractivity contribution < 1.29 is 10.2 Å². The van der Waals surface area contributed by atoms with E-state index < -0.39 is 0 Å². The van der Waals surface area contributed by atoms with E-state index in [1.165, 1.54) is 10.9 Å². The summed E-state index contributed by atoms with van der Waals surface area (Å²) in [6, 6.07) is 13.3. The first kappa shape index (κ1) is 14.7. The highest BCUT2D eigenvalue weighted by atomic mass is 16.3. The summed E-state index contributed by atoms with van der Waals surface area (Å²) in [5.41, 5.74) is 11.3. The van der Waals surface area contributed by atoms with Gasteiger partial charge in [0.2, 0.25) is 0 Å². The van der Waals surface area contributed by atoms with Crippen LogP contribution in [-0.2, 0) is 6.54 Å². The summed E-state index contributed by atoms with van der Waals surface area (Å²) in [5.74, 6) is 0.761. The van der Waals surface area contributed by atoms with Gasteiger partial charge in [0.05, 0.1) is 25.0 Å². The molecule has 6 heteroatoms. The average molecular weight is 286 g/mol. The number of fused-ring (bicyclic) bond motifs is 1. The Kier molecular flexibility index (Phi) is 4.63. The lowest BCUT2D eigenvalue weighted by Crippen LogP contribution is -2.07. The molecule has 0 aliphatic heterocycles. The number of rotatable bonds is 2. The first-order valence-electron chi connectivity index (χ1n) is 6.48. The number of nitrogen functional groups attached to an aromatic ring is 2. The lowest BCUT2D eigenvalue weighted by molar-refractivity contribution is 0.270. The van der Waals surface area contributed by atoms with Crippen molar-refractivity contribution in [2.45, 2.75) is 6.54 Å². The van der Waals surface area contributed by atoms with E-state index >= 15 is 0 Å². The maximum absolute atomic E-state index is 9.37. The number of benzene rings is 2. The molecule has 3 aromatic rings. The quantitative estimate of drug-likeness (QED) is 0.571. The Labute approximate surface area is 122 Å². The van der Waals surface area contributed by atoms with Crippen LogP contribution in [0.4, 0.5) is 11.5 Å². The zero-order chi connectivity index (χ0) is 15.2. The van der Waals surface area contributed by atoms with E-state index in [-0.39, 0.29) is 6.61 Å². The number of aliphatic hydroxyl groups is 1. The van der Waals surface area contributed by atoms with Crippen LogP contribution in [0.1, 0.15) is 0 Å². The largest absolute Gasteiger partial charge is 0.507 e. The molecule has 1 aromatic heterocycles. The Balaban J connectivity index is 0.000000155. The third-order valence-corrected chi connectivity index (χ3v) is 2.99. The normalized spacial score (nSPS) is 10.1. The predicted molar refractivity (Wildman–Crippen MR) is 83.8 cm³/mol. The number of aromatic hydroxyl groups is 1. The maximum atomic E-state index is 9.37. The number of nitrogens with two attached hydrogens (primary N) is 2. The van der Waals surface area contributed by atoms with Gasteiger partial charge in [-0.25, -0.2) is 4.68 Å². The molecule has 0 aliphatic rings. The Morgan fingerprint density at radius 1 is 1.05 bits per heavy atom. The number of aromatic nitrogens is 2. The fourth-order valence-electron chi connectivity index (χ4n) is 1.89. The minimum absolute atomic E-state index is 0.0192. The van der Waals surface area contributed by atoms with Gasteiger partial charge in [0.1, 0.15) is 11.6 Å². The number of hydrogen-bond acceptors (Lipinski definition) is 5. The standard InChI is InChI=1S/C10H8O.C5H10N4O/c11-10-7-3-5-8-4-1-2-6-9(8)10;6-4-3-8-9(1-2-10)5(4)7/h1-7,11H;3,10H,1-2,6-7H2. The zero-order valence-electron chi connectivity index (χ0n) is 11.5. The van der Waals surface area contributed by atoms with E-state index in [4.69, 9.17) is 16.6 Å². The number of phenols is 1. The molecule has 0 fully saturated rings. The number of hydrogen-bond donors (Lipinski definition) is 4. The van der Waals surface area contributed by atoms with Gasteiger partial charge in [0.25, 0.3) is 0 Å². The molecule has 0 radical (unpaired) electrons. The van der Waals surface area contributed by atoms with E-state index in [2.05, 4.69) is 5.10 Å². The summed E-state index contributed by atoms with van der Waals surface area (Å²) < 4.78 is 1.45. The van der Waals surface area contributed by atoms with Crippen molar-refractivity contribution in [3.63, 3.8) is 0 Å². The highest BCUT2D eigenvalue weighted by molar-refractivity contribution is 5.87. The monoisotopic (exact) mass is 286 g/mol. The van der Waals surface area contributed by atoms with Crippen molar-refractivity contribution in [2.24, 2.45) is 0 Å². The van der Waals surface area contributed by atoms with E-state index in [1.54, 1.807) is 6.07 Å². The van der Waals surface area contributed by atoms with E-state index in [9.17, 15) is 5.11 Å². The van der Waals surface area contributed by atoms with Crippen molar-refractivity contribution in [1.82, 2.24) is 9.78 Å². The third kappa shape index (κ3) is 3.43. The van der Waals surface area contributed by atoms with Crippen molar-refractivity contribution >= 4 is 22.3 Å². The SMILES string of the molecule is Nc1cnn(CCO)c1N.Oc1cccc2ccccc12. The summed E-state index contributed by atoms with van der Waals surface area (Å²) in [7, 11) is 0. The summed E-state index contributed by atoms with van der Waals surface area (Å²) in [6.45, 7) is 0.411. The summed E-state index contributed by atoms with van der Waals surface area (Å²) in [4.78, 5) is 0. The molecule has 1 heterocycles. The smallest absolute Gasteiger partial charge is 0.145 e. The summed E-state index contributed by atoms with van der Waals surface area (Å²) >= 11 is 0. The van der Waals surface area contributed by atoms with Crippen LogP contribution in [0.25, 0.3) is 10.8 Å². The molecule has 110 valence electrons.